The Bertz CT molecular complexity index is 1370. The molecule has 37 heavy (non-hydrogen) atoms. The van der Waals surface area contributed by atoms with Crippen molar-refractivity contribution in [3.63, 3.8) is 0 Å². The lowest BCUT2D eigenvalue weighted by molar-refractivity contribution is -0.387. The van der Waals surface area contributed by atoms with E-state index in [1.807, 2.05) is 31.2 Å². The van der Waals surface area contributed by atoms with Crippen LogP contribution in [0, 0.1) is 26.1 Å². The molecular weight excluding hydrogens is 537 g/mol. The van der Waals surface area contributed by atoms with Crippen molar-refractivity contribution in [1.29, 1.82) is 0 Å². The fourth-order valence-corrected chi connectivity index (χ4v) is 7.67. The first-order chi connectivity index (χ1) is 17.8. The average molecular weight is 560 g/mol. The monoisotopic (exact) mass is 559 g/mol. The normalized spacial score (nSPS) is 24.0. The Labute approximate surface area is 227 Å². The van der Waals surface area contributed by atoms with Crippen molar-refractivity contribution in [2.45, 2.75) is 40.8 Å². The number of fused-ring (bicyclic) bond motifs is 3. The van der Waals surface area contributed by atoms with Crippen molar-refractivity contribution < 1.29 is 14.6 Å². The molecule has 1 aliphatic carbocycles. The Morgan fingerprint density at radius 2 is 1.73 bits per heavy atom. The summed E-state index contributed by atoms with van der Waals surface area (Å²) in [6.07, 6.45) is 0.630. The second-order valence-electron chi connectivity index (χ2n) is 8.99. The van der Waals surface area contributed by atoms with Gasteiger partial charge in [-0.1, -0.05) is 41.9 Å². The number of nitrogens with one attached hydrogen (secondary N) is 1. The van der Waals surface area contributed by atoms with E-state index in [0.717, 1.165) is 11.1 Å². The van der Waals surface area contributed by atoms with Crippen LogP contribution < -0.4 is 10.1 Å². The quantitative estimate of drug-likeness (QED) is 0.180. The molecule has 1 saturated carbocycles. The van der Waals surface area contributed by atoms with Crippen LogP contribution in [0.2, 0.25) is 5.02 Å². The largest absolute Gasteiger partial charge is 0.494 e. The Balaban J connectivity index is 1.63. The second-order valence-corrected chi connectivity index (χ2v) is 11.2. The van der Waals surface area contributed by atoms with Gasteiger partial charge in [-0.2, -0.15) is 0 Å². The molecule has 0 unspecified atom stereocenters. The van der Waals surface area contributed by atoms with E-state index in [-0.39, 0.29) is 34.5 Å². The summed E-state index contributed by atoms with van der Waals surface area (Å²) in [6.45, 7) is 2.18. The van der Waals surface area contributed by atoms with Crippen LogP contribution in [0.1, 0.15) is 36.4 Å². The summed E-state index contributed by atoms with van der Waals surface area (Å²) < 4.78 is 5.67. The van der Waals surface area contributed by atoms with Gasteiger partial charge in [-0.3, -0.25) is 20.2 Å². The first kappa shape index (κ1) is 25.6. The number of halogens is 2. The highest BCUT2D eigenvalue weighted by molar-refractivity contribution is 8.00. The Morgan fingerprint density at radius 1 is 1.03 bits per heavy atom. The third-order valence-electron chi connectivity index (χ3n) is 6.96. The highest BCUT2D eigenvalue weighted by Crippen LogP contribution is 2.60. The summed E-state index contributed by atoms with van der Waals surface area (Å²) in [4.78, 5) is 23.5. The second kappa shape index (κ2) is 10.4. The van der Waals surface area contributed by atoms with Crippen LogP contribution >= 0.6 is 35.0 Å². The number of hydrogen-bond acceptors (Lipinski definition) is 7. The molecule has 1 heterocycles. The molecule has 192 valence electrons. The maximum atomic E-state index is 12.1. The van der Waals surface area contributed by atoms with Gasteiger partial charge in [-0.05, 0) is 48.6 Å². The van der Waals surface area contributed by atoms with Gasteiger partial charge in [0.2, 0.25) is 0 Å². The van der Waals surface area contributed by atoms with E-state index >= 15 is 0 Å². The molecule has 0 spiro atoms. The standard InChI is InChI=1S/C26H23Cl2N3O5S/c1-2-36-14-11-16-23-17(13-22(24(23)28)37-21-10-6-5-9-19(21)30(32)33)25(15-7-3-4-8-18(15)27)29-26(16)20(12-14)31(34)35/h3-12,17,22-25,29H,2,13H2,1H3/t17-,22+,23+,24+,25-/m1/s1. The molecule has 8 nitrogen and oxygen atoms in total. The number of para-hydroxylation sites is 1. The first-order valence-electron chi connectivity index (χ1n) is 11.8. The zero-order valence-electron chi connectivity index (χ0n) is 19.7. The predicted octanol–water partition coefficient (Wildman–Crippen LogP) is 7.59. The zero-order valence-corrected chi connectivity index (χ0v) is 22.0. The van der Waals surface area contributed by atoms with Gasteiger partial charge in [0.05, 0.1) is 38.8 Å². The van der Waals surface area contributed by atoms with Crippen LogP contribution in [-0.4, -0.2) is 27.1 Å². The van der Waals surface area contributed by atoms with Gasteiger partial charge in [0, 0.05) is 22.3 Å². The minimum atomic E-state index is -0.447. The summed E-state index contributed by atoms with van der Waals surface area (Å²) in [5.74, 6) is 0.0774. The molecule has 3 aromatic rings. The molecule has 2 aliphatic rings. The number of ether oxygens (including phenoxy) is 1. The van der Waals surface area contributed by atoms with Crippen LogP contribution in [0.4, 0.5) is 17.1 Å². The molecule has 1 aliphatic heterocycles. The molecule has 0 saturated heterocycles. The SMILES string of the molecule is CCOc1cc2c(c([N+](=O)[O-])c1)N[C@H](c1ccccc1Cl)[C@@H]1C[C@H](Sc3ccccc3[N+](=O)[O-])[C@H](Cl)[C@@H]21. The predicted molar refractivity (Wildman–Crippen MR) is 145 cm³/mol. The van der Waals surface area contributed by atoms with Crippen molar-refractivity contribution in [2.75, 3.05) is 11.9 Å². The van der Waals surface area contributed by atoms with Gasteiger partial charge >= 0.3 is 0 Å². The first-order valence-corrected chi connectivity index (χ1v) is 13.5. The minimum Gasteiger partial charge on any atom is -0.494 e. The van der Waals surface area contributed by atoms with Crippen LogP contribution in [0.15, 0.2) is 65.6 Å². The van der Waals surface area contributed by atoms with Crippen molar-refractivity contribution in [3.8, 4) is 5.75 Å². The molecule has 11 heteroatoms. The third kappa shape index (κ3) is 4.71. The molecule has 0 radical (unpaired) electrons. The number of alkyl halides is 1. The van der Waals surface area contributed by atoms with Crippen molar-refractivity contribution in [2.24, 2.45) is 5.92 Å². The van der Waals surface area contributed by atoms with E-state index in [2.05, 4.69) is 5.32 Å². The fraction of sp³-hybridized carbons (Fsp3) is 0.308. The molecule has 1 N–H and O–H groups in total. The van der Waals surface area contributed by atoms with Gasteiger partial charge in [0.25, 0.3) is 11.4 Å². The van der Waals surface area contributed by atoms with E-state index < -0.39 is 15.2 Å². The summed E-state index contributed by atoms with van der Waals surface area (Å²) >= 11 is 15.1. The molecule has 5 atom stereocenters. The van der Waals surface area contributed by atoms with Gasteiger partial charge in [0.1, 0.15) is 11.4 Å². The number of anilines is 1. The molecule has 5 rings (SSSR count). The molecule has 0 bridgehead atoms. The summed E-state index contributed by atoms with van der Waals surface area (Å²) in [5.41, 5.74) is 1.89. The zero-order chi connectivity index (χ0) is 26.3. The summed E-state index contributed by atoms with van der Waals surface area (Å²) in [7, 11) is 0. The van der Waals surface area contributed by atoms with Gasteiger partial charge in [-0.25, -0.2) is 0 Å². The van der Waals surface area contributed by atoms with Gasteiger partial charge in [0.15, 0.2) is 0 Å². The van der Waals surface area contributed by atoms with Crippen molar-refractivity contribution >= 4 is 52.0 Å². The maximum Gasteiger partial charge on any atom is 0.296 e. The smallest absolute Gasteiger partial charge is 0.296 e. The van der Waals surface area contributed by atoms with E-state index in [1.54, 1.807) is 24.3 Å². The van der Waals surface area contributed by atoms with E-state index in [1.165, 1.54) is 23.9 Å². The molecule has 0 amide bonds. The highest BCUT2D eigenvalue weighted by atomic mass is 35.5. The van der Waals surface area contributed by atoms with Crippen LogP contribution in [0.3, 0.4) is 0 Å². The lowest BCUT2D eigenvalue weighted by Crippen LogP contribution is -2.31. The van der Waals surface area contributed by atoms with E-state index in [0.29, 0.717) is 34.4 Å². The highest BCUT2D eigenvalue weighted by Gasteiger charge is 2.52. The fourth-order valence-electron chi connectivity index (χ4n) is 5.48. The van der Waals surface area contributed by atoms with Crippen LogP contribution in [0.25, 0.3) is 0 Å². The van der Waals surface area contributed by atoms with E-state index in [4.69, 9.17) is 27.9 Å². The number of nitro benzene ring substituents is 2. The number of thioether (sulfide) groups is 1. The van der Waals surface area contributed by atoms with Crippen LogP contribution in [0.5, 0.6) is 5.75 Å². The Morgan fingerprint density at radius 3 is 2.43 bits per heavy atom. The van der Waals surface area contributed by atoms with Crippen molar-refractivity contribution in [1.82, 2.24) is 0 Å². The molecule has 1 fully saturated rings. The molecule has 0 aromatic heterocycles. The average Bonchev–Trinajstić information content (AvgIpc) is 3.20. The minimum absolute atomic E-state index is 0.0293. The van der Waals surface area contributed by atoms with Crippen LogP contribution in [-0.2, 0) is 0 Å². The molecule has 3 aromatic carbocycles. The Kier molecular flexibility index (Phi) is 7.20. The maximum absolute atomic E-state index is 12.1. The lowest BCUT2D eigenvalue weighted by Gasteiger charge is -2.38. The Hall–Kier alpha value is -3.01. The number of rotatable bonds is 7. The number of hydrogen-bond donors (Lipinski definition) is 1. The third-order valence-corrected chi connectivity index (χ3v) is 9.42. The lowest BCUT2D eigenvalue weighted by atomic mass is 9.77. The summed E-state index contributed by atoms with van der Waals surface area (Å²) in [6, 6.07) is 17.0. The van der Waals surface area contributed by atoms with Gasteiger partial charge in [-0.15, -0.1) is 23.4 Å². The number of benzene rings is 3. The number of nitro groups is 2. The van der Waals surface area contributed by atoms with E-state index in [9.17, 15) is 20.2 Å². The summed E-state index contributed by atoms with van der Waals surface area (Å²) in [5, 5.41) is 27.1. The topological polar surface area (TPSA) is 108 Å². The number of nitrogens with zero attached hydrogens (tertiary/aromatic N) is 2. The van der Waals surface area contributed by atoms with Crippen molar-refractivity contribution in [3.05, 3.63) is 97.0 Å². The van der Waals surface area contributed by atoms with Gasteiger partial charge < -0.3 is 10.1 Å². The molecular formula is C26H23Cl2N3O5S.